The maximum absolute atomic E-state index is 9.94. The van der Waals surface area contributed by atoms with Crippen molar-refractivity contribution in [3.63, 3.8) is 0 Å². The number of hydrogen-bond donors (Lipinski definition) is 8. The van der Waals surface area contributed by atoms with E-state index < -0.39 is 74.6 Å². The van der Waals surface area contributed by atoms with Crippen molar-refractivity contribution >= 4 is 0 Å². The maximum atomic E-state index is 9.94. The molecule has 0 spiro atoms. The summed E-state index contributed by atoms with van der Waals surface area (Å²) >= 11 is 0. The van der Waals surface area contributed by atoms with Gasteiger partial charge >= 0.3 is 0 Å². The van der Waals surface area contributed by atoms with Gasteiger partial charge in [-0.1, -0.05) is 0 Å². The lowest BCUT2D eigenvalue weighted by Crippen LogP contribution is -2.64. The summed E-state index contributed by atoms with van der Waals surface area (Å²) < 4.78 is 15.1. The third-order valence-corrected chi connectivity index (χ3v) is 3.98. The summed E-state index contributed by atoms with van der Waals surface area (Å²) in [4.78, 5) is 0. The van der Waals surface area contributed by atoms with Crippen LogP contribution in [0.15, 0.2) is 0 Å². The van der Waals surface area contributed by atoms with Crippen LogP contribution < -0.4 is 0 Å². The second-order valence-corrected chi connectivity index (χ2v) is 5.53. The van der Waals surface area contributed by atoms with E-state index in [1.807, 2.05) is 0 Å². The predicted octanol–water partition coefficient (Wildman–Crippen LogP) is -5.40. The van der Waals surface area contributed by atoms with Gasteiger partial charge in [0.1, 0.15) is 48.8 Å². The Morgan fingerprint density at radius 3 is 1.74 bits per heavy atom. The Bertz CT molecular complexity index is 380. The summed E-state index contributed by atoms with van der Waals surface area (Å²) in [6, 6.07) is 0. The molecule has 0 saturated carbocycles. The fourth-order valence-corrected chi connectivity index (χ4v) is 2.55. The minimum absolute atomic E-state index is 0.651. The third kappa shape index (κ3) is 3.65. The van der Waals surface area contributed by atoms with E-state index in [1.54, 1.807) is 0 Å². The van der Waals surface area contributed by atoms with E-state index in [0.717, 1.165) is 0 Å². The topological polar surface area (TPSA) is 190 Å². The van der Waals surface area contributed by atoms with Crippen LogP contribution in [-0.4, -0.2) is 115 Å². The average molecular weight is 342 g/mol. The fourth-order valence-electron chi connectivity index (χ4n) is 2.55. The SMILES string of the molecule is OC[C@H]1OC(O)[C@@H](O[C@H]2O[C@H](CO)[C@@H](O)[C@H](O)[C@@H]2O)[C@@H](O)[C@H]1O. The number of hydrogen-bond acceptors (Lipinski definition) is 11. The van der Waals surface area contributed by atoms with Crippen molar-refractivity contribution in [3.05, 3.63) is 0 Å². The quantitative estimate of drug-likeness (QED) is 0.243. The first-order valence-electron chi connectivity index (χ1n) is 7.08. The Kier molecular flexibility index (Phi) is 6.27. The first kappa shape index (κ1) is 18.9. The molecule has 0 radical (unpaired) electrons. The van der Waals surface area contributed by atoms with Crippen LogP contribution in [0.4, 0.5) is 0 Å². The lowest BCUT2D eigenvalue weighted by Gasteiger charge is -2.44. The van der Waals surface area contributed by atoms with Crippen LogP contribution in [0.1, 0.15) is 0 Å². The van der Waals surface area contributed by atoms with Gasteiger partial charge in [0, 0.05) is 0 Å². The van der Waals surface area contributed by atoms with Crippen molar-refractivity contribution in [2.24, 2.45) is 0 Å². The van der Waals surface area contributed by atoms with Gasteiger partial charge in [-0.2, -0.15) is 0 Å². The average Bonchev–Trinajstić information content (AvgIpc) is 2.54. The molecule has 2 aliphatic rings. The van der Waals surface area contributed by atoms with Gasteiger partial charge in [-0.15, -0.1) is 0 Å². The maximum Gasteiger partial charge on any atom is 0.187 e. The summed E-state index contributed by atoms with van der Waals surface area (Å²) in [5.41, 5.74) is 0. The molecule has 0 amide bonds. The lowest BCUT2D eigenvalue weighted by atomic mass is 9.97. The van der Waals surface area contributed by atoms with Crippen LogP contribution in [0.3, 0.4) is 0 Å². The first-order chi connectivity index (χ1) is 10.8. The molecule has 136 valence electrons. The molecule has 2 fully saturated rings. The van der Waals surface area contributed by atoms with E-state index in [2.05, 4.69) is 0 Å². The van der Waals surface area contributed by atoms with Crippen molar-refractivity contribution < 1.29 is 55.1 Å². The van der Waals surface area contributed by atoms with Gasteiger partial charge in [0.15, 0.2) is 12.6 Å². The fraction of sp³-hybridized carbons (Fsp3) is 1.00. The summed E-state index contributed by atoms with van der Waals surface area (Å²) in [6.07, 6.45) is -15.6. The summed E-state index contributed by atoms with van der Waals surface area (Å²) in [7, 11) is 0. The molecular weight excluding hydrogens is 320 g/mol. The van der Waals surface area contributed by atoms with Gasteiger partial charge in [-0.3, -0.25) is 0 Å². The van der Waals surface area contributed by atoms with E-state index in [0.29, 0.717) is 0 Å². The zero-order valence-corrected chi connectivity index (χ0v) is 12.0. The normalized spacial score (nSPS) is 51.7. The Hall–Kier alpha value is -0.440. The lowest BCUT2D eigenvalue weighted by molar-refractivity contribution is -0.361. The molecule has 0 bridgehead atoms. The van der Waals surface area contributed by atoms with Crippen LogP contribution in [0.2, 0.25) is 0 Å². The van der Waals surface area contributed by atoms with Gasteiger partial charge in [0.05, 0.1) is 13.2 Å². The van der Waals surface area contributed by atoms with E-state index in [1.165, 1.54) is 0 Å². The standard InChI is InChI=1S/C12H22O11/c13-1-3-6(16)8(18)10(11(20)21-3)23-12-9(19)7(17)5(15)4(2-14)22-12/h3-20H,1-2H2/t3-,4-,5-,6+,7+,8+,9+,10+,11?,12-/m1/s1. The summed E-state index contributed by atoms with van der Waals surface area (Å²) in [6.45, 7) is -1.33. The Morgan fingerprint density at radius 2 is 1.17 bits per heavy atom. The molecule has 2 saturated heterocycles. The van der Waals surface area contributed by atoms with Crippen molar-refractivity contribution in [2.75, 3.05) is 13.2 Å². The molecule has 0 aromatic carbocycles. The van der Waals surface area contributed by atoms with E-state index in [-0.39, 0.29) is 0 Å². The molecule has 0 aromatic rings. The van der Waals surface area contributed by atoms with Crippen LogP contribution in [-0.2, 0) is 14.2 Å². The van der Waals surface area contributed by atoms with E-state index in [4.69, 9.17) is 24.4 Å². The van der Waals surface area contributed by atoms with E-state index in [9.17, 15) is 30.6 Å². The Balaban J connectivity index is 2.08. The predicted molar refractivity (Wildman–Crippen MR) is 68.6 cm³/mol. The van der Waals surface area contributed by atoms with Crippen LogP contribution in [0, 0.1) is 0 Å². The molecule has 8 N–H and O–H groups in total. The zero-order valence-electron chi connectivity index (χ0n) is 12.0. The monoisotopic (exact) mass is 342 g/mol. The molecule has 2 aliphatic heterocycles. The summed E-state index contributed by atoms with van der Waals surface area (Å²) in [5.74, 6) is 0. The van der Waals surface area contributed by atoms with Crippen LogP contribution in [0.25, 0.3) is 0 Å². The molecule has 10 atom stereocenters. The molecule has 2 heterocycles. The number of aliphatic hydroxyl groups excluding tert-OH is 8. The van der Waals surface area contributed by atoms with Crippen LogP contribution in [0.5, 0.6) is 0 Å². The number of aliphatic hydroxyl groups is 8. The van der Waals surface area contributed by atoms with Gasteiger partial charge in [0.2, 0.25) is 0 Å². The molecule has 0 aromatic heterocycles. The molecule has 2 rings (SSSR count). The highest BCUT2D eigenvalue weighted by atomic mass is 16.7. The van der Waals surface area contributed by atoms with Gasteiger partial charge in [0.25, 0.3) is 0 Å². The smallest absolute Gasteiger partial charge is 0.187 e. The molecular formula is C12H22O11. The second kappa shape index (κ2) is 7.63. The van der Waals surface area contributed by atoms with Gasteiger partial charge < -0.3 is 55.1 Å². The Labute approximate surface area is 130 Å². The highest BCUT2D eigenvalue weighted by Gasteiger charge is 2.50. The van der Waals surface area contributed by atoms with Gasteiger partial charge in [-0.25, -0.2) is 0 Å². The third-order valence-electron chi connectivity index (χ3n) is 3.98. The largest absolute Gasteiger partial charge is 0.394 e. The molecule has 0 aliphatic carbocycles. The zero-order chi connectivity index (χ0) is 17.3. The number of ether oxygens (including phenoxy) is 3. The number of rotatable bonds is 4. The van der Waals surface area contributed by atoms with Crippen molar-refractivity contribution in [1.29, 1.82) is 0 Å². The van der Waals surface area contributed by atoms with Crippen molar-refractivity contribution in [2.45, 2.75) is 61.4 Å². The van der Waals surface area contributed by atoms with Crippen molar-refractivity contribution in [1.82, 2.24) is 0 Å². The van der Waals surface area contributed by atoms with E-state index >= 15 is 0 Å². The molecule has 11 nitrogen and oxygen atoms in total. The molecule has 11 heteroatoms. The summed E-state index contributed by atoms with van der Waals surface area (Å²) in [5, 5.41) is 76.7. The second-order valence-electron chi connectivity index (χ2n) is 5.53. The van der Waals surface area contributed by atoms with Crippen molar-refractivity contribution in [3.8, 4) is 0 Å². The minimum atomic E-state index is -1.75. The highest BCUT2D eigenvalue weighted by molar-refractivity contribution is 4.93. The Morgan fingerprint density at radius 1 is 0.652 bits per heavy atom. The molecule has 23 heavy (non-hydrogen) atoms. The highest BCUT2D eigenvalue weighted by Crippen LogP contribution is 2.28. The van der Waals surface area contributed by atoms with Crippen LogP contribution >= 0.6 is 0 Å². The van der Waals surface area contributed by atoms with Gasteiger partial charge in [-0.05, 0) is 0 Å². The first-order valence-corrected chi connectivity index (χ1v) is 7.08. The minimum Gasteiger partial charge on any atom is -0.394 e. The molecule has 1 unspecified atom stereocenters.